The first-order chi connectivity index (χ1) is 12.1. The van der Waals surface area contributed by atoms with Crippen LogP contribution in [0.2, 0.25) is 0 Å². The Labute approximate surface area is 162 Å². The zero-order chi connectivity index (χ0) is 17.8. The van der Waals surface area contributed by atoms with Crippen molar-refractivity contribution in [1.29, 1.82) is 0 Å². The molecule has 1 aliphatic rings. The van der Waals surface area contributed by atoms with Gasteiger partial charge in [-0.2, -0.15) is 0 Å². The Bertz CT molecular complexity index is 713. The van der Waals surface area contributed by atoms with Crippen LogP contribution in [0, 0.1) is 0 Å². The van der Waals surface area contributed by atoms with Crippen molar-refractivity contribution in [3.8, 4) is 0 Å². The molecule has 3 rings (SSSR count). The SMILES string of the molecule is CCc1ccc(C(C)CC(=O)N2CCNCC2c2nccn2C)cc1.Cl. The second kappa shape index (κ2) is 9.19. The van der Waals surface area contributed by atoms with Crippen LogP contribution in [0.3, 0.4) is 0 Å². The molecule has 0 aliphatic carbocycles. The third kappa shape index (κ3) is 4.46. The van der Waals surface area contributed by atoms with Crippen LogP contribution in [0.5, 0.6) is 0 Å². The van der Waals surface area contributed by atoms with Gasteiger partial charge in [-0.3, -0.25) is 4.79 Å². The monoisotopic (exact) mass is 376 g/mol. The summed E-state index contributed by atoms with van der Waals surface area (Å²) in [5, 5.41) is 3.39. The number of nitrogens with zero attached hydrogens (tertiary/aromatic N) is 3. The molecule has 142 valence electrons. The molecule has 0 bridgehead atoms. The quantitative estimate of drug-likeness (QED) is 0.872. The van der Waals surface area contributed by atoms with Crippen molar-refractivity contribution in [2.24, 2.45) is 7.05 Å². The van der Waals surface area contributed by atoms with Gasteiger partial charge in [0.25, 0.3) is 0 Å². The molecule has 1 N–H and O–H groups in total. The highest BCUT2D eigenvalue weighted by atomic mass is 35.5. The van der Waals surface area contributed by atoms with Crippen LogP contribution < -0.4 is 5.32 Å². The molecule has 1 saturated heterocycles. The summed E-state index contributed by atoms with van der Waals surface area (Å²) in [5.41, 5.74) is 2.56. The Morgan fingerprint density at radius 2 is 2.08 bits per heavy atom. The van der Waals surface area contributed by atoms with Gasteiger partial charge in [0, 0.05) is 45.5 Å². The topological polar surface area (TPSA) is 50.2 Å². The average Bonchev–Trinajstić information content (AvgIpc) is 3.07. The van der Waals surface area contributed by atoms with E-state index >= 15 is 0 Å². The highest BCUT2D eigenvalue weighted by Gasteiger charge is 2.31. The van der Waals surface area contributed by atoms with E-state index in [0.717, 1.165) is 31.9 Å². The summed E-state index contributed by atoms with van der Waals surface area (Å²) in [4.78, 5) is 19.4. The molecule has 0 saturated carbocycles. The molecule has 26 heavy (non-hydrogen) atoms. The van der Waals surface area contributed by atoms with Crippen LogP contribution in [0.4, 0.5) is 0 Å². The molecule has 5 nitrogen and oxygen atoms in total. The summed E-state index contributed by atoms with van der Waals surface area (Å²) in [6, 6.07) is 8.65. The highest BCUT2D eigenvalue weighted by molar-refractivity contribution is 5.85. The fourth-order valence-corrected chi connectivity index (χ4v) is 3.51. The Kier molecular flexibility index (Phi) is 7.23. The van der Waals surface area contributed by atoms with Crippen LogP contribution in [0.1, 0.15) is 49.2 Å². The van der Waals surface area contributed by atoms with Gasteiger partial charge < -0.3 is 14.8 Å². The summed E-state index contributed by atoms with van der Waals surface area (Å²) in [7, 11) is 1.98. The number of amides is 1. The Balaban J connectivity index is 0.00000243. The molecular formula is C20H29ClN4O. The number of nitrogens with one attached hydrogen (secondary N) is 1. The van der Waals surface area contributed by atoms with E-state index in [2.05, 4.69) is 48.4 Å². The molecule has 2 heterocycles. The predicted octanol–water partition coefficient (Wildman–Crippen LogP) is 3.07. The number of carbonyl (C=O) groups excluding carboxylic acids is 1. The number of aryl methyl sites for hydroxylation is 2. The number of halogens is 1. The molecule has 0 spiro atoms. The van der Waals surface area contributed by atoms with E-state index in [4.69, 9.17) is 0 Å². The number of piperazine rings is 1. The zero-order valence-corrected chi connectivity index (χ0v) is 16.6. The lowest BCUT2D eigenvalue weighted by atomic mass is 9.95. The van der Waals surface area contributed by atoms with Crippen molar-refractivity contribution in [2.75, 3.05) is 19.6 Å². The van der Waals surface area contributed by atoms with E-state index in [0.29, 0.717) is 6.42 Å². The highest BCUT2D eigenvalue weighted by Crippen LogP contribution is 2.25. The number of hydrogen-bond donors (Lipinski definition) is 1. The van der Waals surface area contributed by atoms with E-state index in [1.807, 2.05) is 22.7 Å². The fourth-order valence-electron chi connectivity index (χ4n) is 3.51. The summed E-state index contributed by atoms with van der Waals surface area (Å²) >= 11 is 0. The van der Waals surface area contributed by atoms with Crippen molar-refractivity contribution in [2.45, 2.75) is 38.6 Å². The van der Waals surface area contributed by atoms with Crippen molar-refractivity contribution in [3.63, 3.8) is 0 Å². The smallest absolute Gasteiger partial charge is 0.223 e. The van der Waals surface area contributed by atoms with E-state index in [9.17, 15) is 4.79 Å². The van der Waals surface area contributed by atoms with Gasteiger partial charge in [0.1, 0.15) is 11.9 Å². The number of rotatable bonds is 5. The van der Waals surface area contributed by atoms with Crippen LogP contribution in [0.25, 0.3) is 0 Å². The van der Waals surface area contributed by atoms with E-state index in [1.54, 1.807) is 6.20 Å². The van der Waals surface area contributed by atoms with Crippen molar-refractivity contribution in [1.82, 2.24) is 19.8 Å². The summed E-state index contributed by atoms with van der Waals surface area (Å²) < 4.78 is 2.00. The van der Waals surface area contributed by atoms with Gasteiger partial charge in [-0.1, -0.05) is 38.1 Å². The van der Waals surface area contributed by atoms with Crippen molar-refractivity contribution >= 4 is 18.3 Å². The Morgan fingerprint density at radius 3 is 2.69 bits per heavy atom. The largest absolute Gasteiger partial charge is 0.336 e. The van der Waals surface area contributed by atoms with E-state index in [1.165, 1.54) is 11.1 Å². The molecule has 2 atom stereocenters. The molecular weight excluding hydrogens is 348 g/mol. The molecule has 1 aromatic carbocycles. The first kappa shape index (κ1) is 20.5. The minimum atomic E-state index is 0. The molecule has 1 fully saturated rings. The maximum absolute atomic E-state index is 13.0. The number of carbonyl (C=O) groups is 1. The lowest BCUT2D eigenvalue weighted by molar-refractivity contribution is -0.135. The van der Waals surface area contributed by atoms with Crippen molar-refractivity contribution in [3.05, 3.63) is 53.6 Å². The molecule has 1 amide bonds. The molecule has 1 aliphatic heterocycles. The fraction of sp³-hybridized carbons (Fsp3) is 0.500. The Hall–Kier alpha value is -1.85. The molecule has 0 radical (unpaired) electrons. The molecule has 1 aromatic heterocycles. The number of imidazole rings is 1. The minimum absolute atomic E-state index is 0. The standard InChI is InChI=1S/C20H28N4O.ClH/c1-4-16-5-7-17(8-6-16)15(2)13-19(25)24-12-9-21-14-18(24)20-22-10-11-23(20)3;/h5-8,10-11,15,18,21H,4,9,12-14H2,1-3H3;1H. The van der Waals surface area contributed by atoms with Crippen LogP contribution in [0.15, 0.2) is 36.7 Å². The van der Waals surface area contributed by atoms with Gasteiger partial charge >= 0.3 is 0 Å². The van der Waals surface area contributed by atoms with Crippen LogP contribution in [-0.2, 0) is 18.3 Å². The first-order valence-corrected chi connectivity index (χ1v) is 9.16. The third-order valence-electron chi connectivity index (χ3n) is 5.16. The van der Waals surface area contributed by atoms with Gasteiger partial charge in [0.15, 0.2) is 0 Å². The molecule has 2 unspecified atom stereocenters. The number of hydrogen-bond acceptors (Lipinski definition) is 3. The first-order valence-electron chi connectivity index (χ1n) is 9.16. The van der Waals surface area contributed by atoms with Gasteiger partial charge in [0.2, 0.25) is 5.91 Å². The molecule has 6 heteroatoms. The van der Waals surface area contributed by atoms with Crippen LogP contribution >= 0.6 is 12.4 Å². The summed E-state index contributed by atoms with van der Waals surface area (Å²) in [5.74, 6) is 1.37. The van der Waals surface area contributed by atoms with Crippen molar-refractivity contribution < 1.29 is 4.79 Å². The minimum Gasteiger partial charge on any atom is -0.336 e. The maximum Gasteiger partial charge on any atom is 0.223 e. The second-order valence-electron chi connectivity index (χ2n) is 6.90. The predicted molar refractivity (Wildman–Crippen MR) is 107 cm³/mol. The van der Waals surface area contributed by atoms with Gasteiger partial charge in [-0.25, -0.2) is 4.98 Å². The summed E-state index contributed by atoms with van der Waals surface area (Å²) in [6.45, 7) is 6.63. The van der Waals surface area contributed by atoms with Gasteiger partial charge in [-0.05, 0) is 23.5 Å². The molecule has 2 aromatic rings. The normalized spacial score (nSPS) is 18.3. The van der Waals surface area contributed by atoms with Gasteiger partial charge in [-0.15, -0.1) is 12.4 Å². The number of aromatic nitrogens is 2. The maximum atomic E-state index is 13.0. The summed E-state index contributed by atoms with van der Waals surface area (Å²) in [6.07, 6.45) is 5.31. The van der Waals surface area contributed by atoms with Crippen LogP contribution in [-0.4, -0.2) is 40.0 Å². The lowest BCUT2D eigenvalue weighted by Gasteiger charge is -2.36. The van der Waals surface area contributed by atoms with E-state index in [-0.39, 0.29) is 30.3 Å². The lowest BCUT2D eigenvalue weighted by Crippen LogP contribution is -2.49. The third-order valence-corrected chi connectivity index (χ3v) is 5.16. The van der Waals surface area contributed by atoms with E-state index < -0.39 is 0 Å². The average molecular weight is 377 g/mol. The zero-order valence-electron chi connectivity index (χ0n) is 15.8. The second-order valence-corrected chi connectivity index (χ2v) is 6.90. The van der Waals surface area contributed by atoms with Gasteiger partial charge in [0.05, 0.1) is 0 Å². The number of benzene rings is 1. The Morgan fingerprint density at radius 1 is 1.35 bits per heavy atom.